The number of amides is 2. The van der Waals surface area contributed by atoms with Gasteiger partial charge in [0, 0.05) is 25.5 Å². The van der Waals surface area contributed by atoms with Crippen LogP contribution >= 0.6 is 11.3 Å². The van der Waals surface area contributed by atoms with E-state index in [1.165, 1.54) is 24.0 Å². The van der Waals surface area contributed by atoms with Crippen molar-refractivity contribution >= 4 is 34.5 Å². The molecule has 3 heterocycles. The average molecular weight is 435 g/mol. The highest BCUT2D eigenvalue weighted by Crippen LogP contribution is 2.29. The summed E-state index contributed by atoms with van der Waals surface area (Å²) in [5.74, 6) is -0.372. The zero-order valence-electron chi connectivity index (χ0n) is 17.1. The van der Waals surface area contributed by atoms with Crippen LogP contribution in [0.2, 0.25) is 0 Å². The number of benzene rings is 1. The summed E-state index contributed by atoms with van der Waals surface area (Å²) < 4.78 is 4.72. The van der Waals surface area contributed by atoms with Gasteiger partial charge >= 0.3 is 12.0 Å². The van der Waals surface area contributed by atoms with Crippen LogP contribution in [0.25, 0.3) is 16.5 Å². The van der Waals surface area contributed by atoms with Crippen molar-refractivity contribution in [2.24, 2.45) is 0 Å². The molecule has 0 aliphatic carbocycles. The van der Waals surface area contributed by atoms with Gasteiger partial charge in [-0.2, -0.15) is 0 Å². The van der Waals surface area contributed by atoms with E-state index in [0.717, 1.165) is 29.0 Å². The predicted octanol–water partition coefficient (Wildman–Crippen LogP) is 4.70. The molecule has 1 saturated heterocycles. The average Bonchev–Trinajstić information content (AvgIpc) is 3.28. The summed E-state index contributed by atoms with van der Waals surface area (Å²) >= 11 is 1.40. The Morgan fingerprint density at radius 2 is 1.87 bits per heavy atom. The number of carbonyl (C=O) groups is 2. The second kappa shape index (κ2) is 9.53. The molecule has 0 saturated carbocycles. The van der Waals surface area contributed by atoms with E-state index in [1.807, 2.05) is 35.2 Å². The van der Waals surface area contributed by atoms with Crippen LogP contribution in [0.1, 0.15) is 28.9 Å². The predicted molar refractivity (Wildman–Crippen MR) is 121 cm³/mol. The van der Waals surface area contributed by atoms with Crippen LogP contribution in [0.15, 0.2) is 60.4 Å². The van der Waals surface area contributed by atoms with Crippen molar-refractivity contribution < 1.29 is 14.3 Å². The fourth-order valence-electron chi connectivity index (χ4n) is 3.34. The topological polar surface area (TPSA) is 84.4 Å². The Morgan fingerprint density at radius 3 is 2.55 bits per heavy atom. The van der Waals surface area contributed by atoms with E-state index >= 15 is 0 Å². The summed E-state index contributed by atoms with van der Waals surface area (Å²) in [7, 11) is 1.36. The van der Waals surface area contributed by atoms with Crippen molar-refractivity contribution in [2.75, 3.05) is 25.5 Å². The third kappa shape index (κ3) is 5.16. The first-order valence-corrected chi connectivity index (χ1v) is 10.7. The molecular weight excluding hydrogens is 412 g/mol. The lowest BCUT2D eigenvalue weighted by Crippen LogP contribution is -2.39. The maximum atomic E-state index is 12.6. The molecule has 0 spiro atoms. The summed E-state index contributed by atoms with van der Waals surface area (Å²) in [5.41, 5.74) is 3.67. The summed E-state index contributed by atoms with van der Waals surface area (Å²) in [6.07, 6.45) is 7.27. The monoisotopic (exact) mass is 434 g/mol. The highest BCUT2D eigenvalue weighted by atomic mass is 32.1. The van der Waals surface area contributed by atoms with Crippen molar-refractivity contribution in [1.82, 2.24) is 14.9 Å². The van der Waals surface area contributed by atoms with Crippen molar-refractivity contribution in [1.29, 1.82) is 0 Å². The molecule has 8 heteroatoms. The van der Waals surface area contributed by atoms with Gasteiger partial charge in [-0.05, 0) is 48.7 Å². The Labute approximate surface area is 184 Å². The lowest BCUT2D eigenvalue weighted by Gasteiger charge is -2.28. The lowest BCUT2D eigenvalue weighted by molar-refractivity contribution is 0.0600. The number of methoxy groups -OCH3 is 1. The number of thiazole rings is 1. The second-order valence-corrected chi connectivity index (χ2v) is 8.10. The first kappa shape index (κ1) is 20.7. The number of pyridine rings is 1. The first-order valence-electron chi connectivity index (χ1n) is 9.93. The van der Waals surface area contributed by atoms with Crippen LogP contribution in [0.5, 0.6) is 0 Å². The van der Waals surface area contributed by atoms with E-state index in [4.69, 9.17) is 4.74 Å². The molecule has 31 heavy (non-hydrogen) atoms. The molecule has 0 radical (unpaired) electrons. The minimum atomic E-state index is -0.372. The second-order valence-electron chi connectivity index (χ2n) is 7.07. The molecular formula is C23H22N4O3S. The molecule has 3 aromatic rings. The summed E-state index contributed by atoms with van der Waals surface area (Å²) in [6, 6.07) is 12.8. The highest BCUT2D eigenvalue weighted by Gasteiger charge is 2.20. The van der Waals surface area contributed by atoms with Gasteiger partial charge < -0.3 is 9.64 Å². The Balaban J connectivity index is 1.33. The summed E-state index contributed by atoms with van der Waals surface area (Å²) in [6.45, 7) is 1.33. The Bertz CT molecular complexity index is 1080. The molecule has 2 amide bonds. The molecule has 7 nitrogen and oxygen atoms in total. The van der Waals surface area contributed by atoms with E-state index in [9.17, 15) is 9.59 Å². The fourth-order valence-corrected chi connectivity index (χ4v) is 4.15. The minimum Gasteiger partial charge on any atom is -0.465 e. The highest BCUT2D eigenvalue weighted by molar-refractivity contribution is 7.19. The number of piperidine rings is 1. The standard InChI is InChI=1S/C23H22N4O3S/c1-30-21(28)18-7-5-17(6-8-18)20-15-25-22(31-20)26-23(29)27-12-9-16(10-13-27)14-19-4-2-3-11-24-19/h2-8,11,14-15H,9-10,12-13H2,1H3,(H,25,26,29). The van der Waals surface area contributed by atoms with Gasteiger partial charge in [0.25, 0.3) is 0 Å². The summed E-state index contributed by atoms with van der Waals surface area (Å²) in [4.78, 5) is 35.6. The van der Waals surface area contributed by atoms with E-state index in [2.05, 4.69) is 21.4 Å². The molecule has 1 aromatic carbocycles. The number of hydrogen-bond acceptors (Lipinski definition) is 6. The normalized spacial score (nSPS) is 13.6. The van der Waals surface area contributed by atoms with Crippen LogP contribution in [-0.2, 0) is 4.74 Å². The zero-order valence-corrected chi connectivity index (χ0v) is 17.9. The van der Waals surface area contributed by atoms with Gasteiger partial charge in [0.1, 0.15) is 0 Å². The van der Waals surface area contributed by atoms with Crippen molar-refractivity contribution in [3.8, 4) is 10.4 Å². The maximum absolute atomic E-state index is 12.6. The van der Waals surface area contributed by atoms with E-state index < -0.39 is 0 Å². The van der Waals surface area contributed by atoms with Crippen LogP contribution in [-0.4, -0.2) is 47.1 Å². The van der Waals surface area contributed by atoms with Crippen LogP contribution in [0.3, 0.4) is 0 Å². The van der Waals surface area contributed by atoms with Crippen molar-refractivity contribution in [3.63, 3.8) is 0 Å². The van der Waals surface area contributed by atoms with Gasteiger partial charge in [0.05, 0.1) is 23.2 Å². The molecule has 0 unspecified atom stereocenters. The number of carbonyl (C=O) groups excluding carboxylic acids is 2. The Morgan fingerprint density at radius 1 is 1.10 bits per heavy atom. The molecule has 1 aliphatic rings. The third-order valence-electron chi connectivity index (χ3n) is 5.04. The van der Waals surface area contributed by atoms with Crippen molar-refractivity contribution in [2.45, 2.75) is 12.8 Å². The van der Waals surface area contributed by atoms with Crippen molar-refractivity contribution in [3.05, 3.63) is 71.7 Å². The quantitative estimate of drug-likeness (QED) is 0.602. The molecule has 1 aliphatic heterocycles. The van der Waals surface area contributed by atoms with Gasteiger partial charge in [0.2, 0.25) is 0 Å². The van der Waals surface area contributed by atoms with Gasteiger partial charge in [-0.3, -0.25) is 10.3 Å². The number of urea groups is 1. The number of esters is 1. The minimum absolute atomic E-state index is 0.140. The number of nitrogens with zero attached hydrogens (tertiary/aromatic N) is 3. The molecule has 0 atom stereocenters. The molecule has 0 bridgehead atoms. The molecule has 1 fully saturated rings. The van der Waals surface area contributed by atoms with Gasteiger partial charge in [-0.25, -0.2) is 14.6 Å². The number of likely N-dealkylation sites (tertiary alicyclic amines) is 1. The van der Waals surface area contributed by atoms with Gasteiger partial charge in [0.15, 0.2) is 5.13 Å². The van der Waals surface area contributed by atoms with E-state index in [1.54, 1.807) is 24.5 Å². The Kier molecular flexibility index (Phi) is 6.37. The summed E-state index contributed by atoms with van der Waals surface area (Å²) in [5, 5.41) is 3.44. The third-order valence-corrected chi connectivity index (χ3v) is 6.00. The first-order chi connectivity index (χ1) is 15.1. The number of anilines is 1. The SMILES string of the molecule is COC(=O)c1ccc(-c2cnc(NC(=O)N3CCC(=Cc4ccccn4)CC3)s2)cc1. The number of rotatable bonds is 4. The van der Waals surface area contributed by atoms with E-state index in [-0.39, 0.29) is 12.0 Å². The Hall–Kier alpha value is -3.52. The molecule has 158 valence electrons. The lowest BCUT2D eigenvalue weighted by atomic mass is 10.0. The van der Waals surface area contributed by atoms with Crippen LogP contribution < -0.4 is 5.32 Å². The van der Waals surface area contributed by atoms with Crippen LogP contribution in [0.4, 0.5) is 9.93 Å². The maximum Gasteiger partial charge on any atom is 0.337 e. The molecule has 4 rings (SSSR count). The number of nitrogens with one attached hydrogen (secondary N) is 1. The molecule has 2 aromatic heterocycles. The smallest absolute Gasteiger partial charge is 0.337 e. The number of hydrogen-bond donors (Lipinski definition) is 1. The van der Waals surface area contributed by atoms with E-state index in [0.29, 0.717) is 23.8 Å². The van der Waals surface area contributed by atoms with Gasteiger partial charge in [-0.15, -0.1) is 0 Å². The van der Waals surface area contributed by atoms with Crippen LogP contribution in [0, 0.1) is 0 Å². The zero-order chi connectivity index (χ0) is 21.6. The number of aromatic nitrogens is 2. The largest absolute Gasteiger partial charge is 0.465 e. The molecule has 1 N–H and O–H groups in total. The number of ether oxygens (including phenoxy) is 1. The van der Waals surface area contributed by atoms with Gasteiger partial charge in [-0.1, -0.05) is 35.1 Å². The fraction of sp³-hybridized carbons (Fsp3) is 0.217.